The summed E-state index contributed by atoms with van der Waals surface area (Å²) >= 11 is 5.97. The minimum atomic E-state index is 0.574. The molecule has 0 aliphatic heterocycles. The lowest BCUT2D eigenvalue weighted by Crippen LogP contribution is -2.00. The van der Waals surface area contributed by atoms with Crippen molar-refractivity contribution in [2.45, 2.75) is 12.8 Å². The van der Waals surface area contributed by atoms with E-state index in [2.05, 4.69) is 10.3 Å². The molecule has 0 saturated carbocycles. The molecular formula is C12H15ClN4O. The minimum Gasteiger partial charge on any atom is -0.495 e. The Labute approximate surface area is 111 Å². The lowest BCUT2D eigenvalue weighted by atomic mass is 10.2. The maximum atomic E-state index is 5.97. The van der Waals surface area contributed by atoms with Crippen LogP contribution in [-0.2, 0) is 6.42 Å². The number of benzene rings is 1. The highest BCUT2D eigenvalue weighted by molar-refractivity contribution is 6.32. The molecule has 6 heteroatoms. The normalized spacial score (nSPS) is 10.6. The van der Waals surface area contributed by atoms with Gasteiger partial charge in [0.1, 0.15) is 5.75 Å². The van der Waals surface area contributed by atoms with E-state index in [0.29, 0.717) is 17.3 Å². The molecule has 18 heavy (non-hydrogen) atoms. The average molecular weight is 267 g/mol. The van der Waals surface area contributed by atoms with Gasteiger partial charge in [0.25, 0.3) is 0 Å². The number of rotatable bonds is 5. The number of nitrogens with zero attached hydrogens (tertiary/aromatic N) is 3. The van der Waals surface area contributed by atoms with Crippen LogP contribution in [0.1, 0.15) is 12.1 Å². The SMILES string of the molecule is COc1cc(-n2cc(CCCN)nn2)ccc1Cl. The van der Waals surface area contributed by atoms with E-state index in [4.69, 9.17) is 22.1 Å². The number of hydrogen-bond acceptors (Lipinski definition) is 4. The Morgan fingerprint density at radius 1 is 1.44 bits per heavy atom. The molecule has 2 N–H and O–H groups in total. The number of aryl methyl sites for hydroxylation is 1. The third kappa shape index (κ3) is 2.80. The number of aromatic nitrogens is 3. The van der Waals surface area contributed by atoms with E-state index in [9.17, 15) is 0 Å². The molecule has 0 saturated heterocycles. The van der Waals surface area contributed by atoms with Crippen LogP contribution in [0.25, 0.3) is 5.69 Å². The highest BCUT2D eigenvalue weighted by atomic mass is 35.5. The van der Waals surface area contributed by atoms with Crippen LogP contribution in [0.3, 0.4) is 0 Å². The Hall–Kier alpha value is -1.59. The molecule has 2 aromatic rings. The van der Waals surface area contributed by atoms with Gasteiger partial charge in [-0.1, -0.05) is 16.8 Å². The van der Waals surface area contributed by atoms with Crippen LogP contribution in [0.2, 0.25) is 5.02 Å². The first-order valence-corrected chi connectivity index (χ1v) is 6.07. The van der Waals surface area contributed by atoms with Gasteiger partial charge in [-0.05, 0) is 31.5 Å². The van der Waals surface area contributed by atoms with Gasteiger partial charge < -0.3 is 10.5 Å². The fourth-order valence-corrected chi connectivity index (χ4v) is 1.81. The summed E-state index contributed by atoms with van der Waals surface area (Å²) in [7, 11) is 1.58. The number of ether oxygens (including phenoxy) is 1. The van der Waals surface area contributed by atoms with E-state index in [-0.39, 0.29) is 0 Å². The molecule has 0 unspecified atom stereocenters. The lowest BCUT2D eigenvalue weighted by molar-refractivity contribution is 0.414. The van der Waals surface area contributed by atoms with Crippen molar-refractivity contribution >= 4 is 11.6 Å². The Morgan fingerprint density at radius 3 is 3.00 bits per heavy atom. The predicted octanol–water partition coefficient (Wildman–Crippen LogP) is 1.82. The zero-order valence-corrected chi connectivity index (χ0v) is 10.9. The molecule has 1 heterocycles. The molecule has 0 spiro atoms. The van der Waals surface area contributed by atoms with E-state index in [1.54, 1.807) is 17.9 Å². The predicted molar refractivity (Wildman–Crippen MR) is 70.3 cm³/mol. The molecule has 0 radical (unpaired) electrons. The van der Waals surface area contributed by atoms with Gasteiger partial charge in [-0.15, -0.1) is 5.10 Å². The Bertz CT molecular complexity index is 527. The smallest absolute Gasteiger partial charge is 0.139 e. The second-order valence-corrected chi connectivity index (χ2v) is 4.27. The second-order valence-electron chi connectivity index (χ2n) is 3.87. The standard InChI is InChI=1S/C12H15ClN4O/c1-18-12-7-10(4-5-11(12)13)17-8-9(15-16-17)3-2-6-14/h4-5,7-8H,2-3,6,14H2,1H3. The zero-order valence-electron chi connectivity index (χ0n) is 10.1. The van der Waals surface area contributed by atoms with Crippen molar-refractivity contribution in [1.29, 1.82) is 0 Å². The monoisotopic (exact) mass is 266 g/mol. The highest BCUT2D eigenvalue weighted by Gasteiger charge is 2.06. The Balaban J connectivity index is 2.23. The second kappa shape index (κ2) is 5.84. The summed E-state index contributed by atoms with van der Waals surface area (Å²) in [5, 5.41) is 8.74. The molecule has 96 valence electrons. The largest absolute Gasteiger partial charge is 0.495 e. The van der Waals surface area contributed by atoms with Gasteiger partial charge in [-0.2, -0.15) is 0 Å². The van der Waals surface area contributed by atoms with Crippen LogP contribution >= 0.6 is 11.6 Å². The van der Waals surface area contributed by atoms with Crippen molar-refractivity contribution in [3.05, 3.63) is 35.1 Å². The van der Waals surface area contributed by atoms with Crippen LogP contribution in [0, 0.1) is 0 Å². The lowest BCUT2D eigenvalue weighted by Gasteiger charge is -2.05. The minimum absolute atomic E-state index is 0.574. The van der Waals surface area contributed by atoms with Crippen molar-refractivity contribution in [1.82, 2.24) is 15.0 Å². The van der Waals surface area contributed by atoms with Crippen LogP contribution in [0.15, 0.2) is 24.4 Å². The van der Waals surface area contributed by atoms with Gasteiger partial charge in [0, 0.05) is 6.07 Å². The van der Waals surface area contributed by atoms with Crippen LogP contribution in [0.5, 0.6) is 5.75 Å². The van der Waals surface area contributed by atoms with E-state index in [0.717, 1.165) is 24.2 Å². The molecule has 0 bridgehead atoms. The number of nitrogens with two attached hydrogens (primary N) is 1. The quantitative estimate of drug-likeness (QED) is 0.897. The third-order valence-electron chi connectivity index (χ3n) is 2.58. The summed E-state index contributed by atoms with van der Waals surface area (Å²) in [6, 6.07) is 5.47. The maximum absolute atomic E-state index is 5.97. The molecule has 1 aromatic heterocycles. The number of methoxy groups -OCH3 is 1. The van der Waals surface area contributed by atoms with Crippen molar-refractivity contribution in [3.63, 3.8) is 0 Å². The summed E-state index contributed by atoms with van der Waals surface area (Å²) in [6.45, 7) is 0.654. The van der Waals surface area contributed by atoms with Gasteiger partial charge in [0.05, 0.1) is 29.7 Å². The first-order chi connectivity index (χ1) is 8.74. The fourth-order valence-electron chi connectivity index (χ4n) is 1.61. The number of hydrogen-bond donors (Lipinski definition) is 1. The summed E-state index contributed by atoms with van der Waals surface area (Å²) in [5.41, 5.74) is 7.25. The van der Waals surface area contributed by atoms with Crippen molar-refractivity contribution in [2.75, 3.05) is 13.7 Å². The van der Waals surface area contributed by atoms with E-state index >= 15 is 0 Å². The molecule has 0 aliphatic rings. The molecule has 0 amide bonds. The molecule has 0 fully saturated rings. The first-order valence-electron chi connectivity index (χ1n) is 5.70. The van der Waals surface area contributed by atoms with Gasteiger partial charge in [-0.25, -0.2) is 4.68 Å². The maximum Gasteiger partial charge on any atom is 0.139 e. The number of halogens is 1. The van der Waals surface area contributed by atoms with Crippen LogP contribution < -0.4 is 10.5 Å². The first kappa shape index (κ1) is 12.9. The van der Waals surface area contributed by atoms with Crippen molar-refractivity contribution in [3.8, 4) is 11.4 Å². The highest BCUT2D eigenvalue weighted by Crippen LogP contribution is 2.26. The summed E-state index contributed by atoms with van der Waals surface area (Å²) < 4.78 is 6.87. The Kier molecular flexibility index (Phi) is 4.17. The van der Waals surface area contributed by atoms with Crippen LogP contribution in [-0.4, -0.2) is 28.6 Å². The topological polar surface area (TPSA) is 66.0 Å². The summed E-state index contributed by atoms with van der Waals surface area (Å²) in [4.78, 5) is 0. The third-order valence-corrected chi connectivity index (χ3v) is 2.89. The molecule has 0 aliphatic carbocycles. The summed E-state index contributed by atoms with van der Waals surface area (Å²) in [6.07, 6.45) is 3.63. The van der Waals surface area contributed by atoms with E-state index < -0.39 is 0 Å². The van der Waals surface area contributed by atoms with Gasteiger partial charge in [-0.3, -0.25) is 0 Å². The van der Waals surface area contributed by atoms with Crippen molar-refractivity contribution < 1.29 is 4.74 Å². The fraction of sp³-hybridized carbons (Fsp3) is 0.333. The van der Waals surface area contributed by atoms with Gasteiger partial charge >= 0.3 is 0 Å². The zero-order chi connectivity index (χ0) is 13.0. The summed E-state index contributed by atoms with van der Waals surface area (Å²) in [5.74, 6) is 0.619. The van der Waals surface area contributed by atoms with Crippen LogP contribution in [0.4, 0.5) is 0 Å². The molecule has 0 atom stereocenters. The molecule has 2 rings (SSSR count). The van der Waals surface area contributed by atoms with E-state index in [1.807, 2.05) is 18.3 Å². The Morgan fingerprint density at radius 2 is 2.28 bits per heavy atom. The molecule has 1 aromatic carbocycles. The van der Waals surface area contributed by atoms with Gasteiger partial charge in [0.15, 0.2) is 0 Å². The van der Waals surface area contributed by atoms with E-state index in [1.165, 1.54) is 0 Å². The average Bonchev–Trinajstić information content (AvgIpc) is 2.85. The molecular weight excluding hydrogens is 252 g/mol. The van der Waals surface area contributed by atoms with Gasteiger partial charge in [0.2, 0.25) is 0 Å². The molecule has 5 nitrogen and oxygen atoms in total. The van der Waals surface area contributed by atoms with Crippen molar-refractivity contribution in [2.24, 2.45) is 5.73 Å².